The predicted octanol–water partition coefficient (Wildman–Crippen LogP) is -0.292. The molecule has 0 aromatic carbocycles. The van der Waals surface area contributed by atoms with Gasteiger partial charge in [-0.05, 0) is 6.07 Å². The Morgan fingerprint density at radius 3 is 2.96 bits per heavy atom. The lowest BCUT2D eigenvalue weighted by molar-refractivity contribution is 0.00555. The predicted molar refractivity (Wildman–Crippen MR) is 95.6 cm³/mol. The third-order valence-corrected chi connectivity index (χ3v) is 4.95. The maximum Gasteiger partial charge on any atom is 0.350 e. The zero-order chi connectivity index (χ0) is 18.7. The number of anilines is 2. The number of amides is 1. The topological polar surface area (TPSA) is 108 Å². The Hall–Kier alpha value is -3.27. The van der Waals surface area contributed by atoms with Crippen LogP contribution in [0.25, 0.3) is 5.65 Å². The Labute approximate surface area is 153 Å². The van der Waals surface area contributed by atoms with Gasteiger partial charge < -0.3 is 24.6 Å². The summed E-state index contributed by atoms with van der Waals surface area (Å²) in [6, 6.07) is 5.35. The molecular formula is C17H18N6O4. The van der Waals surface area contributed by atoms with Crippen LogP contribution >= 0.6 is 0 Å². The molecular weight excluding hydrogens is 352 g/mol. The van der Waals surface area contributed by atoms with Crippen molar-refractivity contribution in [1.29, 1.82) is 0 Å². The lowest BCUT2D eigenvalue weighted by Gasteiger charge is -2.35. The van der Waals surface area contributed by atoms with Gasteiger partial charge in [-0.15, -0.1) is 0 Å². The molecule has 0 atom stereocenters. The van der Waals surface area contributed by atoms with Crippen LogP contribution in [0.3, 0.4) is 0 Å². The van der Waals surface area contributed by atoms with Crippen LogP contribution in [0.1, 0.15) is 10.5 Å². The summed E-state index contributed by atoms with van der Waals surface area (Å²) in [6.07, 6.45) is 1.24. The second kappa shape index (κ2) is 5.61. The van der Waals surface area contributed by atoms with E-state index in [2.05, 4.69) is 10.1 Å². The Morgan fingerprint density at radius 1 is 1.37 bits per heavy atom. The lowest BCUT2D eigenvalue weighted by Crippen LogP contribution is -2.53. The third-order valence-electron chi connectivity index (χ3n) is 4.95. The van der Waals surface area contributed by atoms with Crippen molar-refractivity contribution in [3.8, 4) is 5.75 Å². The fraction of sp³-hybridized carbons (Fsp3) is 0.353. The molecule has 0 unspecified atom stereocenters. The van der Waals surface area contributed by atoms with E-state index in [1.165, 1.54) is 9.08 Å². The number of hydrogen-bond acceptors (Lipinski definition) is 6. The summed E-state index contributed by atoms with van der Waals surface area (Å²) in [6.45, 7) is 1.76. The number of likely N-dealkylation sites (tertiary alicyclic amines) is 1. The van der Waals surface area contributed by atoms with Crippen molar-refractivity contribution >= 4 is 23.1 Å². The molecule has 2 aliphatic heterocycles. The van der Waals surface area contributed by atoms with Crippen LogP contribution < -0.4 is 15.3 Å². The number of H-pyrrole nitrogens is 1. The Kier molecular flexibility index (Phi) is 3.31. The van der Waals surface area contributed by atoms with Crippen molar-refractivity contribution in [3.63, 3.8) is 0 Å². The molecule has 0 radical (unpaired) electrons. The van der Waals surface area contributed by atoms with E-state index in [0.29, 0.717) is 49.1 Å². The Morgan fingerprint density at radius 2 is 2.19 bits per heavy atom. The van der Waals surface area contributed by atoms with Crippen LogP contribution in [0, 0.1) is 0 Å². The number of aryl methyl sites for hydroxylation is 1. The van der Waals surface area contributed by atoms with E-state index in [4.69, 9.17) is 4.74 Å². The van der Waals surface area contributed by atoms with Crippen molar-refractivity contribution in [2.75, 3.05) is 31.1 Å². The molecule has 2 aliphatic rings. The number of nitrogens with zero attached hydrogens (tertiary/aromatic N) is 5. The molecule has 0 bridgehead atoms. The van der Waals surface area contributed by atoms with E-state index in [-0.39, 0.29) is 11.6 Å². The van der Waals surface area contributed by atoms with Gasteiger partial charge in [-0.3, -0.25) is 9.20 Å². The van der Waals surface area contributed by atoms with Crippen LogP contribution in [0.5, 0.6) is 5.75 Å². The minimum atomic E-state index is -0.445. The summed E-state index contributed by atoms with van der Waals surface area (Å²) in [4.78, 5) is 31.2. The summed E-state index contributed by atoms with van der Waals surface area (Å²) < 4.78 is 8.47. The monoisotopic (exact) mass is 370 g/mol. The average molecular weight is 370 g/mol. The molecule has 3 aromatic heterocycles. The van der Waals surface area contributed by atoms with E-state index >= 15 is 0 Å². The number of carbonyl (C=O) groups excluding carboxylic acids is 1. The van der Waals surface area contributed by atoms with Crippen molar-refractivity contribution in [1.82, 2.24) is 24.1 Å². The summed E-state index contributed by atoms with van der Waals surface area (Å²) in [5.41, 5.74) is 1.61. The second-order valence-corrected chi connectivity index (χ2v) is 6.78. The minimum Gasteiger partial charge on any atom is -0.488 e. The molecule has 1 amide bonds. The van der Waals surface area contributed by atoms with E-state index in [1.807, 2.05) is 17.0 Å². The number of rotatable bonds is 2. The molecule has 0 spiro atoms. The van der Waals surface area contributed by atoms with Gasteiger partial charge in [0.1, 0.15) is 12.3 Å². The maximum atomic E-state index is 12.5. The number of aromatic amines is 1. The van der Waals surface area contributed by atoms with Gasteiger partial charge in [0, 0.05) is 44.2 Å². The molecule has 5 rings (SSSR count). The van der Waals surface area contributed by atoms with Gasteiger partial charge in [-0.25, -0.2) is 9.48 Å². The number of aliphatic hydroxyl groups excluding tert-OH is 1. The smallest absolute Gasteiger partial charge is 0.350 e. The van der Waals surface area contributed by atoms with E-state index in [1.54, 1.807) is 24.2 Å². The summed E-state index contributed by atoms with van der Waals surface area (Å²) in [5, 5.41) is 13.6. The number of nitrogens with one attached hydrogen (secondary N) is 1. The average Bonchev–Trinajstić information content (AvgIpc) is 3.19. The van der Waals surface area contributed by atoms with Crippen LogP contribution in [-0.2, 0) is 7.05 Å². The van der Waals surface area contributed by atoms with Gasteiger partial charge in [0.05, 0.1) is 12.6 Å². The van der Waals surface area contributed by atoms with Crippen LogP contribution in [0.4, 0.5) is 11.5 Å². The fourth-order valence-corrected chi connectivity index (χ4v) is 3.50. The first-order chi connectivity index (χ1) is 13.0. The van der Waals surface area contributed by atoms with Crippen LogP contribution in [0.2, 0.25) is 0 Å². The zero-order valence-electron chi connectivity index (χ0n) is 14.6. The normalized spacial score (nSPS) is 17.0. The minimum absolute atomic E-state index is 0.162. The standard InChI is InChI=1S/C17H18N6O4/c1-20-17(26)23-3-2-10(6-14(23)19-20)22-4-5-27-13-7-12(18-15(13)22)16(25)21-8-11(24)9-21/h2-3,6-7,11,18,24H,4-5,8-9H2,1H3. The quantitative estimate of drug-likeness (QED) is 0.642. The van der Waals surface area contributed by atoms with Crippen molar-refractivity contribution < 1.29 is 14.6 Å². The van der Waals surface area contributed by atoms with Gasteiger partial charge in [0.25, 0.3) is 5.91 Å². The molecule has 10 nitrogen and oxygen atoms in total. The van der Waals surface area contributed by atoms with Gasteiger partial charge in [0.2, 0.25) is 0 Å². The van der Waals surface area contributed by atoms with E-state index in [0.717, 1.165) is 5.69 Å². The molecule has 1 fully saturated rings. The van der Waals surface area contributed by atoms with Gasteiger partial charge in [-0.2, -0.15) is 5.10 Å². The molecule has 0 saturated carbocycles. The molecule has 0 aliphatic carbocycles. The van der Waals surface area contributed by atoms with Gasteiger partial charge in [-0.1, -0.05) is 0 Å². The van der Waals surface area contributed by atoms with Crippen molar-refractivity contribution in [3.05, 3.63) is 40.6 Å². The second-order valence-electron chi connectivity index (χ2n) is 6.78. The number of aliphatic hydroxyl groups is 1. The molecule has 5 heterocycles. The number of β-amino-alcohol motifs (C(OH)–C–C–N with tert-alkyl or cyclic N) is 1. The first-order valence-corrected chi connectivity index (χ1v) is 8.67. The highest BCUT2D eigenvalue weighted by Crippen LogP contribution is 2.37. The highest BCUT2D eigenvalue weighted by Gasteiger charge is 2.32. The first-order valence-electron chi connectivity index (χ1n) is 8.67. The first kappa shape index (κ1) is 15.9. The molecule has 10 heteroatoms. The number of carbonyl (C=O) groups is 1. The number of fused-ring (bicyclic) bond motifs is 2. The zero-order valence-corrected chi connectivity index (χ0v) is 14.6. The highest BCUT2D eigenvalue weighted by atomic mass is 16.5. The number of pyridine rings is 1. The van der Waals surface area contributed by atoms with Crippen LogP contribution in [0.15, 0.2) is 29.2 Å². The summed E-state index contributed by atoms with van der Waals surface area (Å²) >= 11 is 0. The van der Waals surface area contributed by atoms with E-state index in [9.17, 15) is 14.7 Å². The largest absolute Gasteiger partial charge is 0.488 e. The molecule has 3 aromatic rings. The Balaban J connectivity index is 1.51. The molecule has 27 heavy (non-hydrogen) atoms. The molecule has 1 saturated heterocycles. The SMILES string of the molecule is Cn1nc2cc(N3CCOc4cc(C(=O)N5CC(O)C5)[nH]c43)ccn2c1=O. The maximum absolute atomic E-state index is 12.5. The van der Waals surface area contributed by atoms with Gasteiger partial charge >= 0.3 is 5.69 Å². The highest BCUT2D eigenvalue weighted by molar-refractivity contribution is 5.95. The summed E-state index contributed by atoms with van der Waals surface area (Å²) in [5.74, 6) is 1.13. The van der Waals surface area contributed by atoms with Gasteiger partial charge in [0.15, 0.2) is 17.2 Å². The van der Waals surface area contributed by atoms with E-state index < -0.39 is 6.10 Å². The van der Waals surface area contributed by atoms with Crippen molar-refractivity contribution in [2.24, 2.45) is 7.05 Å². The van der Waals surface area contributed by atoms with Crippen molar-refractivity contribution in [2.45, 2.75) is 6.10 Å². The summed E-state index contributed by atoms with van der Waals surface area (Å²) in [7, 11) is 1.61. The Bertz CT molecular complexity index is 1110. The number of ether oxygens (including phenoxy) is 1. The lowest BCUT2D eigenvalue weighted by atomic mass is 10.1. The number of aromatic nitrogens is 4. The number of hydrogen-bond donors (Lipinski definition) is 2. The molecule has 2 N–H and O–H groups in total. The molecule has 140 valence electrons. The fourth-order valence-electron chi connectivity index (χ4n) is 3.50. The van der Waals surface area contributed by atoms with Crippen LogP contribution in [-0.4, -0.2) is 67.4 Å². The third kappa shape index (κ3) is 2.40.